The van der Waals surface area contributed by atoms with Gasteiger partial charge < -0.3 is 9.73 Å². The quantitative estimate of drug-likeness (QED) is 0.804. The van der Waals surface area contributed by atoms with Gasteiger partial charge in [0, 0.05) is 18.2 Å². The van der Waals surface area contributed by atoms with Crippen molar-refractivity contribution >= 4 is 0 Å². The fourth-order valence-electron chi connectivity index (χ4n) is 3.09. The van der Waals surface area contributed by atoms with Gasteiger partial charge in [-0.05, 0) is 43.4 Å². The predicted octanol–water partition coefficient (Wildman–Crippen LogP) is 4.72. The third kappa shape index (κ3) is 3.98. The van der Waals surface area contributed by atoms with Crippen molar-refractivity contribution in [1.82, 2.24) is 10.3 Å². The van der Waals surface area contributed by atoms with Gasteiger partial charge in [0.15, 0.2) is 0 Å². The minimum atomic E-state index is 0.665. The van der Waals surface area contributed by atoms with Crippen LogP contribution in [0.3, 0.4) is 0 Å². The van der Waals surface area contributed by atoms with Gasteiger partial charge in [0.1, 0.15) is 6.26 Å². The van der Waals surface area contributed by atoms with Crippen LogP contribution in [0.2, 0.25) is 0 Å². The van der Waals surface area contributed by atoms with Crippen LogP contribution in [-0.2, 0) is 13.0 Å². The summed E-state index contributed by atoms with van der Waals surface area (Å²) in [6.07, 6.45) is 10.7. The maximum atomic E-state index is 5.64. The Balaban J connectivity index is 1.57. The van der Waals surface area contributed by atoms with E-state index in [1.807, 2.05) is 0 Å². The number of nitrogens with zero attached hydrogens (tertiary/aromatic N) is 1. The number of rotatable bonds is 7. The molecule has 0 aliphatic heterocycles. The molecule has 1 fully saturated rings. The third-order valence-electron chi connectivity index (χ3n) is 4.50. The van der Waals surface area contributed by atoms with Crippen LogP contribution in [0.25, 0.3) is 11.5 Å². The summed E-state index contributed by atoms with van der Waals surface area (Å²) in [4.78, 5) is 4.60. The lowest BCUT2D eigenvalue weighted by Gasteiger charge is -2.09. The Bertz CT molecular complexity index is 567. The van der Waals surface area contributed by atoms with Crippen LogP contribution >= 0.6 is 0 Å². The Morgan fingerprint density at radius 1 is 1.18 bits per heavy atom. The van der Waals surface area contributed by atoms with E-state index in [1.54, 1.807) is 6.26 Å². The van der Waals surface area contributed by atoms with Crippen molar-refractivity contribution in [2.24, 2.45) is 0 Å². The van der Waals surface area contributed by atoms with Gasteiger partial charge >= 0.3 is 0 Å². The second-order valence-electron chi connectivity index (χ2n) is 6.31. The smallest absolute Gasteiger partial charge is 0.226 e. The van der Waals surface area contributed by atoms with Crippen LogP contribution in [0.4, 0.5) is 0 Å². The van der Waals surface area contributed by atoms with Crippen molar-refractivity contribution in [2.45, 2.75) is 64.5 Å². The summed E-state index contributed by atoms with van der Waals surface area (Å²) in [6.45, 7) is 3.03. The molecule has 0 bridgehead atoms. The summed E-state index contributed by atoms with van der Waals surface area (Å²) in [7, 11) is 0. The maximum absolute atomic E-state index is 5.64. The lowest BCUT2D eigenvalue weighted by atomic mass is 10.1. The number of hydrogen-bond donors (Lipinski definition) is 1. The van der Waals surface area contributed by atoms with E-state index in [0.717, 1.165) is 30.1 Å². The summed E-state index contributed by atoms with van der Waals surface area (Å²) >= 11 is 0. The van der Waals surface area contributed by atoms with Crippen LogP contribution in [0.5, 0.6) is 0 Å². The fraction of sp³-hybridized carbons (Fsp3) is 0.526. The second kappa shape index (κ2) is 7.59. The highest BCUT2D eigenvalue weighted by atomic mass is 16.3. The van der Waals surface area contributed by atoms with Crippen molar-refractivity contribution in [3.63, 3.8) is 0 Å². The van der Waals surface area contributed by atoms with Gasteiger partial charge in [0.05, 0.1) is 5.69 Å². The van der Waals surface area contributed by atoms with Crippen molar-refractivity contribution in [1.29, 1.82) is 0 Å². The standard InChI is InChI=1S/C19H26N2O/c1-2-3-6-15-9-11-16(12-10-15)19-21-18(14-22-19)13-20-17-7-4-5-8-17/h9-12,14,17,20H,2-8,13H2,1H3. The molecule has 1 aliphatic rings. The normalized spacial score (nSPS) is 15.5. The van der Waals surface area contributed by atoms with Gasteiger partial charge in [-0.3, -0.25) is 0 Å². The van der Waals surface area contributed by atoms with Gasteiger partial charge in [0.2, 0.25) is 5.89 Å². The molecule has 3 rings (SSSR count). The molecule has 1 aromatic carbocycles. The molecule has 0 saturated heterocycles. The topological polar surface area (TPSA) is 38.1 Å². The van der Waals surface area contributed by atoms with Crippen LogP contribution in [0.15, 0.2) is 34.9 Å². The molecular weight excluding hydrogens is 272 g/mol. The molecule has 1 heterocycles. The minimum Gasteiger partial charge on any atom is -0.444 e. The van der Waals surface area contributed by atoms with Crippen molar-refractivity contribution in [3.05, 3.63) is 41.8 Å². The van der Waals surface area contributed by atoms with E-state index in [1.165, 1.54) is 44.1 Å². The molecule has 22 heavy (non-hydrogen) atoms. The molecular formula is C19H26N2O. The second-order valence-corrected chi connectivity index (χ2v) is 6.31. The zero-order valence-electron chi connectivity index (χ0n) is 13.5. The van der Waals surface area contributed by atoms with E-state index in [0.29, 0.717) is 6.04 Å². The van der Waals surface area contributed by atoms with Crippen molar-refractivity contribution in [3.8, 4) is 11.5 Å². The van der Waals surface area contributed by atoms with E-state index in [9.17, 15) is 0 Å². The summed E-state index contributed by atoms with van der Waals surface area (Å²) in [5.74, 6) is 0.727. The first kappa shape index (κ1) is 15.3. The molecule has 0 atom stereocenters. The van der Waals surface area contributed by atoms with Gasteiger partial charge in [-0.15, -0.1) is 0 Å². The van der Waals surface area contributed by atoms with Crippen molar-refractivity contribution in [2.75, 3.05) is 0 Å². The Kier molecular flexibility index (Phi) is 5.28. The molecule has 3 nitrogen and oxygen atoms in total. The number of benzene rings is 1. The van der Waals surface area contributed by atoms with Crippen LogP contribution in [-0.4, -0.2) is 11.0 Å². The molecule has 1 aromatic heterocycles. The number of nitrogens with one attached hydrogen (secondary N) is 1. The van der Waals surface area contributed by atoms with E-state index in [2.05, 4.69) is 41.5 Å². The zero-order chi connectivity index (χ0) is 15.2. The molecule has 118 valence electrons. The lowest BCUT2D eigenvalue weighted by molar-refractivity contribution is 0.516. The molecule has 1 N–H and O–H groups in total. The zero-order valence-corrected chi connectivity index (χ0v) is 13.5. The first-order chi connectivity index (χ1) is 10.8. The molecule has 2 aromatic rings. The largest absolute Gasteiger partial charge is 0.444 e. The molecule has 1 aliphatic carbocycles. The van der Waals surface area contributed by atoms with E-state index in [-0.39, 0.29) is 0 Å². The van der Waals surface area contributed by atoms with E-state index >= 15 is 0 Å². The van der Waals surface area contributed by atoms with Crippen LogP contribution in [0, 0.1) is 0 Å². The minimum absolute atomic E-state index is 0.665. The summed E-state index contributed by atoms with van der Waals surface area (Å²) in [5, 5.41) is 3.57. The van der Waals surface area contributed by atoms with Gasteiger partial charge in [-0.25, -0.2) is 4.98 Å². The van der Waals surface area contributed by atoms with Crippen LogP contribution < -0.4 is 5.32 Å². The van der Waals surface area contributed by atoms with E-state index < -0.39 is 0 Å². The average molecular weight is 298 g/mol. The van der Waals surface area contributed by atoms with Crippen molar-refractivity contribution < 1.29 is 4.42 Å². The Morgan fingerprint density at radius 2 is 1.95 bits per heavy atom. The number of hydrogen-bond acceptors (Lipinski definition) is 3. The molecule has 0 spiro atoms. The van der Waals surface area contributed by atoms with Crippen LogP contribution in [0.1, 0.15) is 56.7 Å². The third-order valence-corrected chi connectivity index (χ3v) is 4.50. The monoisotopic (exact) mass is 298 g/mol. The summed E-state index contributed by atoms with van der Waals surface area (Å²) in [5.41, 5.74) is 3.45. The van der Waals surface area contributed by atoms with Gasteiger partial charge in [0.25, 0.3) is 0 Å². The number of oxazole rings is 1. The summed E-state index contributed by atoms with van der Waals surface area (Å²) in [6, 6.07) is 9.27. The Hall–Kier alpha value is -1.61. The predicted molar refractivity (Wildman–Crippen MR) is 89.6 cm³/mol. The molecule has 0 amide bonds. The Morgan fingerprint density at radius 3 is 2.68 bits per heavy atom. The van der Waals surface area contributed by atoms with E-state index in [4.69, 9.17) is 4.42 Å². The molecule has 3 heteroatoms. The van der Waals surface area contributed by atoms with Gasteiger partial charge in [-0.1, -0.05) is 38.3 Å². The number of unbranched alkanes of at least 4 members (excludes halogenated alkanes) is 1. The Labute approximate surface area is 133 Å². The SMILES string of the molecule is CCCCc1ccc(-c2nc(CNC3CCCC3)co2)cc1. The maximum Gasteiger partial charge on any atom is 0.226 e. The fourth-order valence-corrected chi connectivity index (χ4v) is 3.09. The highest BCUT2D eigenvalue weighted by Crippen LogP contribution is 2.21. The highest BCUT2D eigenvalue weighted by Gasteiger charge is 2.15. The number of aromatic nitrogens is 1. The molecule has 0 unspecified atom stereocenters. The first-order valence-corrected chi connectivity index (χ1v) is 8.62. The molecule has 1 saturated carbocycles. The summed E-state index contributed by atoms with van der Waals surface area (Å²) < 4.78 is 5.64. The number of aryl methyl sites for hydroxylation is 1. The lowest BCUT2D eigenvalue weighted by Crippen LogP contribution is -2.25. The molecule has 0 radical (unpaired) electrons. The highest BCUT2D eigenvalue weighted by molar-refractivity contribution is 5.53. The average Bonchev–Trinajstić information content (AvgIpc) is 3.23. The van der Waals surface area contributed by atoms with Gasteiger partial charge in [-0.2, -0.15) is 0 Å². The first-order valence-electron chi connectivity index (χ1n) is 8.62.